The molecule has 3 nitrogen and oxygen atoms in total. The fourth-order valence-electron chi connectivity index (χ4n) is 1.95. The molecule has 2 aromatic rings. The molecule has 0 spiro atoms. The molecule has 1 fully saturated rings. The Kier molecular flexibility index (Phi) is 1.93. The Bertz CT molecular complexity index is 578. The Labute approximate surface area is 92.5 Å². The number of fused-ring (bicyclic) bond motifs is 1. The summed E-state index contributed by atoms with van der Waals surface area (Å²) in [6.07, 6.45) is 3.52. The van der Waals surface area contributed by atoms with Crippen LogP contribution in [0.1, 0.15) is 23.2 Å². The fourth-order valence-corrected chi connectivity index (χ4v) is 1.95. The van der Waals surface area contributed by atoms with Gasteiger partial charge in [-0.1, -0.05) is 12.1 Å². The molecule has 0 amide bonds. The molecule has 1 aromatic heterocycles. The maximum absolute atomic E-state index is 12.0. The minimum absolute atomic E-state index is 0.0123. The van der Waals surface area contributed by atoms with Crippen molar-refractivity contribution >= 4 is 22.5 Å². The first-order chi connectivity index (χ1) is 7.77. The van der Waals surface area contributed by atoms with Crippen molar-refractivity contribution in [1.29, 1.82) is 0 Å². The first kappa shape index (κ1) is 9.33. The molecular formula is C13H11NO2. The molecule has 1 saturated carbocycles. The molecule has 3 heteroatoms. The van der Waals surface area contributed by atoms with E-state index in [4.69, 9.17) is 0 Å². The molecule has 1 aliphatic carbocycles. The van der Waals surface area contributed by atoms with Gasteiger partial charge >= 0.3 is 0 Å². The van der Waals surface area contributed by atoms with E-state index in [0.717, 1.165) is 23.7 Å². The summed E-state index contributed by atoms with van der Waals surface area (Å²) in [6, 6.07) is 7.25. The highest BCUT2D eigenvalue weighted by Crippen LogP contribution is 2.31. The second-order valence-corrected chi connectivity index (χ2v) is 4.21. The summed E-state index contributed by atoms with van der Waals surface area (Å²) in [5.41, 5.74) is 1.42. The third-order valence-electron chi connectivity index (χ3n) is 3.01. The molecule has 0 saturated heterocycles. The molecule has 0 bridgehead atoms. The zero-order valence-electron chi connectivity index (χ0n) is 8.69. The van der Waals surface area contributed by atoms with Gasteiger partial charge in [0.2, 0.25) is 11.6 Å². The van der Waals surface area contributed by atoms with Gasteiger partial charge < -0.3 is 4.98 Å². The second kappa shape index (κ2) is 3.30. The molecule has 3 rings (SSSR count). The predicted octanol–water partition coefficient (Wildman–Crippen LogP) is 2.33. The summed E-state index contributed by atoms with van der Waals surface area (Å²) in [7, 11) is 0. The van der Waals surface area contributed by atoms with Crippen LogP contribution in [0.15, 0.2) is 30.5 Å². The van der Waals surface area contributed by atoms with Crippen LogP contribution in [-0.2, 0) is 4.79 Å². The van der Waals surface area contributed by atoms with Gasteiger partial charge in [-0.15, -0.1) is 0 Å². The molecule has 1 N–H and O–H groups in total. The van der Waals surface area contributed by atoms with Gasteiger partial charge in [0.25, 0.3) is 0 Å². The summed E-state index contributed by atoms with van der Waals surface area (Å²) in [6.45, 7) is 0. The van der Waals surface area contributed by atoms with E-state index >= 15 is 0 Å². The monoisotopic (exact) mass is 213 g/mol. The van der Waals surface area contributed by atoms with Gasteiger partial charge in [-0.3, -0.25) is 9.59 Å². The van der Waals surface area contributed by atoms with Gasteiger partial charge in [-0.05, 0) is 25.0 Å². The number of ketones is 2. The molecule has 0 radical (unpaired) electrons. The Morgan fingerprint density at radius 2 is 2.00 bits per heavy atom. The van der Waals surface area contributed by atoms with Gasteiger partial charge in [0, 0.05) is 28.6 Å². The topological polar surface area (TPSA) is 49.9 Å². The zero-order valence-corrected chi connectivity index (χ0v) is 8.69. The highest BCUT2D eigenvalue weighted by atomic mass is 16.2. The highest BCUT2D eigenvalue weighted by molar-refractivity contribution is 6.46. The van der Waals surface area contributed by atoms with Crippen LogP contribution in [-0.4, -0.2) is 16.6 Å². The first-order valence-electron chi connectivity index (χ1n) is 5.42. The molecule has 0 aliphatic heterocycles. The van der Waals surface area contributed by atoms with E-state index in [1.807, 2.05) is 12.1 Å². The van der Waals surface area contributed by atoms with Crippen molar-refractivity contribution in [3.05, 3.63) is 36.0 Å². The largest absolute Gasteiger partial charge is 0.361 e. The van der Waals surface area contributed by atoms with E-state index in [1.165, 1.54) is 0 Å². The number of aromatic nitrogens is 1. The second-order valence-electron chi connectivity index (χ2n) is 4.21. The molecule has 1 heterocycles. The summed E-state index contributed by atoms with van der Waals surface area (Å²) < 4.78 is 0. The number of carbonyl (C=O) groups excluding carboxylic acids is 2. The lowest BCUT2D eigenvalue weighted by Crippen LogP contribution is -2.16. The maximum atomic E-state index is 12.0. The highest BCUT2D eigenvalue weighted by Gasteiger charge is 2.35. The minimum Gasteiger partial charge on any atom is -0.361 e. The van der Waals surface area contributed by atoms with Gasteiger partial charge in [-0.2, -0.15) is 0 Å². The van der Waals surface area contributed by atoms with Crippen LogP contribution in [0.4, 0.5) is 0 Å². The molecule has 0 unspecified atom stereocenters. The quantitative estimate of drug-likeness (QED) is 0.628. The summed E-state index contributed by atoms with van der Waals surface area (Å²) >= 11 is 0. The van der Waals surface area contributed by atoms with Crippen LogP contribution < -0.4 is 0 Å². The lowest BCUT2D eigenvalue weighted by molar-refractivity contribution is -0.116. The molecular weight excluding hydrogens is 202 g/mol. The van der Waals surface area contributed by atoms with E-state index in [9.17, 15) is 9.59 Å². The predicted molar refractivity (Wildman–Crippen MR) is 60.4 cm³/mol. The normalized spacial score (nSPS) is 15.2. The number of hydrogen-bond donors (Lipinski definition) is 1. The molecule has 16 heavy (non-hydrogen) atoms. The number of nitrogens with one attached hydrogen (secondary N) is 1. The molecule has 1 aromatic carbocycles. The number of hydrogen-bond acceptors (Lipinski definition) is 2. The van der Waals surface area contributed by atoms with Gasteiger partial charge in [0.1, 0.15) is 0 Å². The van der Waals surface area contributed by atoms with Gasteiger partial charge in [0.05, 0.1) is 0 Å². The van der Waals surface area contributed by atoms with Gasteiger partial charge in [-0.25, -0.2) is 0 Å². The third-order valence-corrected chi connectivity index (χ3v) is 3.01. The Hall–Kier alpha value is -1.90. The van der Waals surface area contributed by atoms with Crippen molar-refractivity contribution in [2.24, 2.45) is 5.92 Å². The number of rotatable bonds is 3. The van der Waals surface area contributed by atoms with E-state index in [-0.39, 0.29) is 17.5 Å². The summed E-state index contributed by atoms with van der Waals surface area (Å²) in [5, 5.41) is 0.835. The number of Topliss-reactive ketones (excluding diaryl/α,β-unsaturated/α-hetero) is 2. The zero-order chi connectivity index (χ0) is 11.1. The third kappa shape index (κ3) is 1.36. The van der Waals surface area contributed by atoms with Crippen LogP contribution in [0.5, 0.6) is 0 Å². The molecule has 80 valence electrons. The Morgan fingerprint density at radius 1 is 1.19 bits per heavy atom. The minimum atomic E-state index is -0.340. The van der Waals surface area contributed by atoms with Crippen molar-refractivity contribution < 1.29 is 9.59 Å². The van der Waals surface area contributed by atoms with Crippen LogP contribution in [0.25, 0.3) is 10.9 Å². The van der Waals surface area contributed by atoms with Crippen molar-refractivity contribution in [3.63, 3.8) is 0 Å². The van der Waals surface area contributed by atoms with Crippen molar-refractivity contribution in [2.75, 3.05) is 0 Å². The number of carbonyl (C=O) groups is 2. The molecule has 1 aliphatic rings. The maximum Gasteiger partial charge on any atom is 0.229 e. The number of aromatic amines is 1. The first-order valence-corrected chi connectivity index (χ1v) is 5.42. The smallest absolute Gasteiger partial charge is 0.229 e. The van der Waals surface area contributed by atoms with Crippen molar-refractivity contribution in [3.8, 4) is 0 Å². The van der Waals surface area contributed by atoms with E-state index in [2.05, 4.69) is 4.98 Å². The average Bonchev–Trinajstić information content (AvgIpc) is 3.04. The van der Waals surface area contributed by atoms with Crippen LogP contribution in [0, 0.1) is 5.92 Å². The van der Waals surface area contributed by atoms with Crippen LogP contribution in [0.2, 0.25) is 0 Å². The summed E-state index contributed by atoms with van der Waals surface area (Å²) in [5.74, 6) is -0.580. The van der Waals surface area contributed by atoms with E-state index in [0.29, 0.717) is 5.56 Å². The fraction of sp³-hybridized carbons (Fsp3) is 0.231. The lowest BCUT2D eigenvalue weighted by Gasteiger charge is -2.00. The van der Waals surface area contributed by atoms with Crippen molar-refractivity contribution in [2.45, 2.75) is 12.8 Å². The lowest BCUT2D eigenvalue weighted by atomic mass is 10.0. The van der Waals surface area contributed by atoms with E-state index in [1.54, 1.807) is 18.3 Å². The average molecular weight is 213 g/mol. The number of benzene rings is 1. The van der Waals surface area contributed by atoms with Crippen LogP contribution in [0.3, 0.4) is 0 Å². The standard InChI is InChI=1S/C13H11NO2/c15-12(8-4-5-8)13(16)10-2-1-3-11-9(10)6-7-14-11/h1-3,6-8,14H,4-5H2. The van der Waals surface area contributed by atoms with E-state index < -0.39 is 0 Å². The Balaban J connectivity index is 2.07. The number of H-pyrrole nitrogens is 1. The molecule has 0 atom stereocenters. The van der Waals surface area contributed by atoms with Gasteiger partial charge in [0.15, 0.2) is 0 Å². The summed E-state index contributed by atoms with van der Waals surface area (Å²) in [4.78, 5) is 26.7. The van der Waals surface area contributed by atoms with Crippen molar-refractivity contribution in [1.82, 2.24) is 4.98 Å². The SMILES string of the molecule is O=C(C(=O)C1CC1)c1cccc2[nH]ccc12. The Morgan fingerprint density at radius 3 is 2.75 bits per heavy atom. The van der Waals surface area contributed by atoms with Crippen LogP contribution >= 0.6 is 0 Å².